The van der Waals surface area contributed by atoms with Gasteiger partial charge < -0.3 is 0 Å². The highest BCUT2D eigenvalue weighted by Gasteiger charge is 2.30. The zero-order valence-electron chi connectivity index (χ0n) is 9.43. The van der Waals surface area contributed by atoms with Gasteiger partial charge in [-0.05, 0) is 26.7 Å². The van der Waals surface area contributed by atoms with Crippen LogP contribution in [0.3, 0.4) is 0 Å². The van der Waals surface area contributed by atoms with E-state index in [1.165, 1.54) is 13.8 Å². The van der Waals surface area contributed by atoms with Crippen LogP contribution in [0.15, 0.2) is 0 Å². The van der Waals surface area contributed by atoms with Gasteiger partial charge in [-0.3, -0.25) is 0 Å². The van der Waals surface area contributed by atoms with E-state index in [1.807, 2.05) is 0 Å². The second kappa shape index (κ2) is 5.27. The maximum atomic E-state index is 11.4. The molecule has 0 rings (SSSR count). The molecular formula is C8H18O5S2. The third-order valence-corrected chi connectivity index (χ3v) is 6.48. The van der Waals surface area contributed by atoms with E-state index < -0.39 is 30.7 Å². The van der Waals surface area contributed by atoms with Crippen LogP contribution in [-0.4, -0.2) is 27.3 Å². The monoisotopic (exact) mass is 258 g/mol. The van der Waals surface area contributed by atoms with Crippen molar-refractivity contribution in [2.24, 2.45) is 0 Å². The quantitative estimate of drug-likeness (QED) is 0.716. The molecule has 0 aromatic rings. The smallest absolute Gasteiger partial charge is 0.198 e. The van der Waals surface area contributed by atoms with Crippen molar-refractivity contribution >= 4 is 20.2 Å². The van der Waals surface area contributed by atoms with Crippen molar-refractivity contribution in [2.45, 2.75) is 51.0 Å². The second-order valence-corrected chi connectivity index (χ2v) is 7.62. The molecule has 15 heavy (non-hydrogen) atoms. The van der Waals surface area contributed by atoms with Crippen molar-refractivity contribution in [3.63, 3.8) is 0 Å². The highest BCUT2D eigenvalue weighted by Crippen LogP contribution is 2.16. The van der Waals surface area contributed by atoms with Gasteiger partial charge in [0.15, 0.2) is 0 Å². The molecule has 0 aliphatic heterocycles. The molecule has 0 aliphatic carbocycles. The maximum absolute atomic E-state index is 11.4. The van der Waals surface area contributed by atoms with Gasteiger partial charge in [-0.2, -0.15) is 16.8 Å². The Hall–Kier alpha value is -0.140. The van der Waals surface area contributed by atoms with E-state index >= 15 is 0 Å². The van der Waals surface area contributed by atoms with Crippen LogP contribution in [0.2, 0.25) is 0 Å². The van der Waals surface area contributed by atoms with Crippen LogP contribution in [0.5, 0.6) is 0 Å². The van der Waals surface area contributed by atoms with E-state index in [9.17, 15) is 16.8 Å². The summed E-state index contributed by atoms with van der Waals surface area (Å²) >= 11 is 0. The first kappa shape index (κ1) is 14.9. The van der Waals surface area contributed by atoms with Crippen LogP contribution in [0, 0.1) is 0 Å². The number of rotatable bonds is 6. The van der Waals surface area contributed by atoms with E-state index in [2.05, 4.69) is 3.63 Å². The summed E-state index contributed by atoms with van der Waals surface area (Å²) in [6.45, 7) is 6.14. The normalized spacial score (nSPS) is 17.3. The topological polar surface area (TPSA) is 77.5 Å². The Morgan fingerprint density at radius 3 is 1.33 bits per heavy atom. The Bertz CT molecular complexity index is 343. The summed E-state index contributed by atoms with van der Waals surface area (Å²) < 4.78 is 49.9. The third kappa shape index (κ3) is 4.08. The first-order chi connectivity index (χ1) is 6.67. The summed E-state index contributed by atoms with van der Waals surface area (Å²) in [5.74, 6) is 0. The van der Waals surface area contributed by atoms with Crippen molar-refractivity contribution in [1.82, 2.24) is 0 Å². The highest BCUT2D eigenvalue weighted by molar-refractivity contribution is 8.00. The Kier molecular flexibility index (Phi) is 5.22. The van der Waals surface area contributed by atoms with Gasteiger partial charge in [0.2, 0.25) is 0 Å². The van der Waals surface area contributed by atoms with E-state index in [4.69, 9.17) is 0 Å². The van der Waals surface area contributed by atoms with Gasteiger partial charge >= 0.3 is 0 Å². The molecule has 0 fully saturated rings. The van der Waals surface area contributed by atoms with Crippen molar-refractivity contribution in [3.05, 3.63) is 0 Å². The lowest BCUT2D eigenvalue weighted by molar-refractivity contribution is 0.444. The van der Waals surface area contributed by atoms with Crippen LogP contribution in [0.4, 0.5) is 0 Å². The van der Waals surface area contributed by atoms with Crippen LogP contribution >= 0.6 is 0 Å². The first-order valence-corrected chi connectivity index (χ1v) is 7.80. The standard InChI is InChI=1S/C8H18O5S2/c1-5-7(3)14(9,10)13-15(11,12)8(4)6-2/h7-8H,5-6H2,1-4H3. The van der Waals surface area contributed by atoms with E-state index in [0.29, 0.717) is 12.8 Å². The van der Waals surface area contributed by atoms with Crippen molar-refractivity contribution in [2.75, 3.05) is 0 Å². The number of hydrogen-bond donors (Lipinski definition) is 0. The SMILES string of the molecule is CCC(C)S(=O)(=O)OS(=O)(=O)C(C)CC. The molecule has 7 heteroatoms. The average Bonchev–Trinajstić information content (AvgIpc) is 2.13. The summed E-state index contributed by atoms with van der Waals surface area (Å²) in [7, 11) is -8.02. The molecule has 0 spiro atoms. The Morgan fingerprint density at radius 1 is 0.867 bits per heavy atom. The molecule has 0 N–H and O–H groups in total. The Labute approximate surface area is 92.1 Å². The van der Waals surface area contributed by atoms with Crippen LogP contribution in [-0.2, 0) is 23.9 Å². The minimum atomic E-state index is -4.01. The van der Waals surface area contributed by atoms with E-state index in [0.717, 1.165) is 0 Å². The largest absolute Gasteiger partial charge is 0.284 e. The molecule has 0 saturated heterocycles. The van der Waals surface area contributed by atoms with Crippen molar-refractivity contribution < 1.29 is 20.5 Å². The third-order valence-electron chi connectivity index (χ3n) is 2.33. The van der Waals surface area contributed by atoms with Gasteiger partial charge in [-0.15, -0.1) is 3.63 Å². The summed E-state index contributed by atoms with van der Waals surface area (Å²) in [5, 5.41) is -1.62. The molecule has 0 amide bonds. The summed E-state index contributed by atoms with van der Waals surface area (Å²) in [4.78, 5) is 0. The highest BCUT2D eigenvalue weighted by atomic mass is 32.3. The molecule has 5 nitrogen and oxygen atoms in total. The fraction of sp³-hybridized carbons (Fsp3) is 1.00. The zero-order valence-corrected chi connectivity index (χ0v) is 11.1. The van der Waals surface area contributed by atoms with Gasteiger partial charge in [0.1, 0.15) is 0 Å². The fourth-order valence-corrected chi connectivity index (χ4v) is 3.62. The van der Waals surface area contributed by atoms with Gasteiger partial charge in [-0.25, -0.2) is 0 Å². The van der Waals surface area contributed by atoms with Crippen LogP contribution in [0.1, 0.15) is 40.5 Å². The Balaban J connectivity index is 4.90. The molecule has 2 unspecified atom stereocenters. The molecule has 0 aromatic carbocycles. The molecule has 92 valence electrons. The predicted molar refractivity (Wildman–Crippen MR) is 58.4 cm³/mol. The number of hydrogen-bond acceptors (Lipinski definition) is 5. The fourth-order valence-electron chi connectivity index (χ4n) is 0.675. The minimum absolute atomic E-state index is 0.318. The Morgan fingerprint density at radius 2 is 1.13 bits per heavy atom. The molecule has 2 atom stereocenters. The lowest BCUT2D eigenvalue weighted by Gasteiger charge is -2.13. The molecule has 0 heterocycles. The van der Waals surface area contributed by atoms with Gasteiger partial charge in [-0.1, -0.05) is 13.8 Å². The van der Waals surface area contributed by atoms with Gasteiger partial charge in [0, 0.05) is 0 Å². The molecule has 0 saturated carbocycles. The molecule has 0 aliphatic rings. The first-order valence-electron chi connectivity index (χ1n) is 4.86. The summed E-state index contributed by atoms with van der Waals surface area (Å²) in [6, 6.07) is 0. The summed E-state index contributed by atoms with van der Waals surface area (Å²) in [6.07, 6.45) is 0.636. The van der Waals surface area contributed by atoms with Crippen molar-refractivity contribution in [3.8, 4) is 0 Å². The van der Waals surface area contributed by atoms with Crippen molar-refractivity contribution in [1.29, 1.82) is 0 Å². The molecule has 0 radical (unpaired) electrons. The predicted octanol–water partition coefficient (Wildman–Crippen LogP) is 1.26. The lowest BCUT2D eigenvalue weighted by atomic mass is 10.4. The maximum Gasteiger partial charge on any atom is 0.284 e. The zero-order chi connectivity index (χ0) is 12.3. The van der Waals surface area contributed by atoms with Gasteiger partial charge in [0.05, 0.1) is 10.5 Å². The molecule has 0 aromatic heterocycles. The minimum Gasteiger partial charge on any atom is -0.198 e. The van der Waals surface area contributed by atoms with E-state index in [1.54, 1.807) is 13.8 Å². The van der Waals surface area contributed by atoms with E-state index in [-0.39, 0.29) is 0 Å². The second-order valence-electron chi connectivity index (χ2n) is 3.49. The van der Waals surface area contributed by atoms with Crippen LogP contribution in [0.25, 0.3) is 0 Å². The molecular weight excluding hydrogens is 240 g/mol. The molecule has 0 bridgehead atoms. The average molecular weight is 258 g/mol. The van der Waals surface area contributed by atoms with Gasteiger partial charge in [0.25, 0.3) is 20.2 Å². The summed E-state index contributed by atoms with van der Waals surface area (Å²) in [5.41, 5.74) is 0. The van der Waals surface area contributed by atoms with Crippen LogP contribution < -0.4 is 0 Å². The lowest BCUT2D eigenvalue weighted by Crippen LogP contribution is -2.28.